The molecule has 2 N–H and O–H groups in total. The van der Waals surface area contributed by atoms with E-state index in [4.69, 9.17) is 13.8 Å². The second-order valence-electron chi connectivity index (χ2n) is 27.9. The smallest absolute Gasteiger partial charge is 0.456 e. The van der Waals surface area contributed by atoms with Gasteiger partial charge in [-0.2, -0.15) is 0 Å². The van der Waals surface area contributed by atoms with E-state index < -0.39 is 20.0 Å². The highest BCUT2D eigenvalue weighted by Gasteiger charge is 2.30. The van der Waals surface area contributed by atoms with Gasteiger partial charge >= 0.3 is 13.8 Å². The summed E-state index contributed by atoms with van der Waals surface area (Å²) in [6.07, 6.45) is 93.7. The lowest BCUT2D eigenvalue weighted by Gasteiger charge is -2.27. The summed E-state index contributed by atoms with van der Waals surface area (Å²) in [7, 11) is 1.50. The first-order valence-electron chi connectivity index (χ1n) is 39.3. The van der Waals surface area contributed by atoms with Gasteiger partial charge in [-0.25, -0.2) is 4.57 Å². The first-order chi connectivity index (χ1) is 44.4. The highest BCUT2D eigenvalue weighted by atomic mass is 31.2. The molecule has 1 amide bonds. The normalized spacial score (nSPS) is 13.8. The van der Waals surface area contributed by atoms with Gasteiger partial charge in [0.25, 0.3) is 0 Å². The van der Waals surface area contributed by atoms with Crippen molar-refractivity contribution in [2.45, 2.75) is 392 Å². The van der Waals surface area contributed by atoms with E-state index in [0.29, 0.717) is 17.4 Å². The number of ether oxygens (including phenoxy) is 1. The Morgan fingerprint density at radius 1 is 0.385 bits per heavy atom. The van der Waals surface area contributed by atoms with Crippen LogP contribution in [0.4, 0.5) is 0 Å². The molecule has 3 unspecified atom stereocenters. The molecule has 0 aliphatic carbocycles. The van der Waals surface area contributed by atoms with Crippen LogP contribution in [-0.4, -0.2) is 74.3 Å². The summed E-state index contributed by atoms with van der Waals surface area (Å²) in [5, 5.41) is 3.08. The predicted octanol–water partition coefficient (Wildman–Crippen LogP) is 25.5. The molecule has 0 aliphatic rings. The Hall–Kier alpha value is -2.55. The average Bonchev–Trinajstić information content (AvgIpc) is 3.03. The highest BCUT2D eigenvalue weighted by Crippen LogP contribution is 2.43. The standard InChI is InChI=1S/C81H151N2O7P/c1-7-10-13-16-19-22-25-27-29-31-33-35-37-39-41-43-45-47-49-51-53-55-58-61-64-67-70-73-80(84)82-78(77-89-91(86,87)88-76-75-83(4,5)6)79(72-69-66-63-60-57-24-21-18-15-12-9-3)90-81(85)74-71-68-65-62-59-56-54-52-50-48-46-44-42-40-38-36-34-32-30-28-26-23-20-17-14-11-8-2/h20,23,27-30,34,36,40,42,69,72,78-79H,7-19,21-22,24-26,31-33,35,37-39,41,43-68,70-71,73-77H2,1-6H3,(H-,82,84,86,87)/p+1/b23-20-,29-27+,30-28-,36-34-,42-40-,72-69+. The number of amides is 1. The molecule has 0 bridgehead atoms. The number of rotatable bonds is 72. The van der Waals surface area contributed by atoms with Gasteiger partial charge in [0.2, 0.25) is 5.91 Å². The van der Waals surface area contributed by atoms with E-state index in [-0.39, 0.29) is 31.5 Å². The van der Waals surface area contributed by atoms with Gasteiger partial charge in [0.05, 0.1) is 33.8 Å². The molecule has 0 heterocycles. The van der Waals surface area contributed by atoms with Crippen molar-refractivity contribution >= 4 is 19.7 Å². The fourth-order valence-corrected chi connectivity index (χ4v) is 12.3. The number of phosphoric acid groups is 1. The van der Waals surface area contributed by atoms with Crippen LogP contribution in [0.3, 0.4) is 0 Å². The first-order valence-corrected chi connectivity index (χ1v) is 40.8. The zero-order valence-corrected chi connectivity index (χ0v) is 62.0. The van der Waals surface area contributed by atoms with Crippen molar-refractivity contribution in [3.8, 4) is 0 Å². The fraction of sp³-hybridized carbons (Fsp3) is 0.827. The molecule has 10 heteroatoms. The van der Waals surface area contributed by atoms with Crippen LogP contribution in [0, 0.1) is 0 Å². The average molecular weight is 1300 g/mol. The number of carbonyl (C=O) groups excluding carboxylic acids is 2. The number of allylic oxidation sites excluding steroid dienone is 11. The second kappa shape index (κ2) is 70.3. The molecule has 0 spiro atoms. The Kier molecular flexibility index (Phi) is 68.3. The molecule has 91 heavy (non-hydrogen) atoms. The van der Waals surface area contributed by atoms with Gasteiger partial charge in [0, 0.05) is 12.8 Å². The van der Waals surface area contributed by atoms with Gasteiger partial charge in [0.1, 0.15) is 19.3 Å². The minimum atomic E-state index is -4.46. The molecule has 0 aromatic rings. The van der Waals surface area contributed by atoms with Crippen molar-refractivity contribution in [3.63, 3.8) is 0 Å². The number of quaternary nitrogens is 1. The molecule has 0 saturated heterocycles. The van der Waals surface area contributed by atoms with Crippen LogP contribution in [0.5, 0.6) is 0 Å². The molecule has 0 rings (SSSR count). The fourth-order valence-electron chi connectivity index (χ4n) is 11.6. The summed E-state index contributed by atoms with van der Waals surface area (Å²) >= 11 is 0. The summed E-state index contributed by atoms with van der Waals surface area (Å²) in [6, 6.07) is -0.852. The maximum Gasteiger partial charge on any atom is 0.472 e. The molecular weight excluding hydrogens is 1140 g/mol. The molecule has 0 aromatic carbocycles. The van der Waals surface area contributed by atoms with Crippen LogP contribution in [0.2, 0.25) is 0 Å². The second-order valence-corrected chi connectivity index (χ2v) is 29.3. The monoisotopic (exact) mass is 1300 g/mol. The van der Waals surface area contributed by atoms with Crippen LogP contribution >= 0.6 is 7.82 Å². The maximum absolute atomic E-state index is 13.7. The molecule has 0 aromatic heterocycles. The maximum atomic E-state index is 13.7. The lowest BCUT2D eigenvalue weighted by atomic mass is 10.0. The van der Waals surface area contributed by atoms with Gasteiger partial charge in [-0.05, 0) is 102 Å². The van der Waals surface area contributed by atoms with E-state index in [0.717, 1.165) is 77.0 Å². The molecule has 0 fully saturated rings. The number of nitrogens with zero attached hydrogens (tertiary/aromatic N) is 1. The van der Waals surface area contributed by atoms with Gasteiger partial charge in [0.15, 0.2) is 0 Å². The Labute approximate surface area is 565 Å². The number of hydrogen-bond acceptors (Lipinski definition) is 6. The highest BCUT2D eigenvalue weighted by molar-refractivity contribution is 7.47. The molecule has 0 aliphatic heterocycles. The number of carbonyl (C=O) groups is 2. The summed E-state index contributed by atoms with van der Waals surface area (Å²) in [6.45, 7) is 7.02. The van der Waals surface area contributed by atoms with Gasteiger partial charge < -0.3 is 19.4 Å². The summed E-state index contributed by atoms with van der Waals surface area (Å²) in [4.78, 5) is 38.0. The van der Waals surface area contributed by atoms with Crippen molar-refractivity contribution < 1.29 is 37.3 Å². The molecule has 3 atom stereocenters. The Balaban J connectivity index is 4.89. The van der Waals surface area contributed by atoms with E-state index in [2.05, 4.69) is 86.8 Å². The predicted molar refractivity (Wildman–Crippen MR) is 397 cm³/mol. The minimum absolute atomic E-state index is 0.0397. The number of likely N-dealkylation sites (N-methyl/N-ethyl adjacent to an activating group) is 1. The molecule has 0 radical (unpaired) electrons. The van der Waals surface area contributed by atoms with Crippen molar-refractivity contribution in [1.82, 2.24) is 5.32 Å². The number of nitrogens with one attached hydrogen (secondary N) is 1. The van der Waals surface area contributed by atoms with Crippen LogP contribution in [0.15, 0.2) is 72.9 Å². The Morgan fingerprint density at radius 3 is 1.03 bits per heavy atom. The lowest BCUT2D eigenvalue weighted by Crippen LogP contribution is -2.47. The number of phosphoric ester groups is 1. The Bertz CT molecular complexity index is 1780. The number of unbranched alkanes of at least 4 members (excludes halogenated alkanes) is 46. The van der Waals surface area contributed by atoms with Crippen LogP contribution < -0.4 is 5.32 Å². The van der Waals surface area contributed by atoms with Crippen LogP contribution in [0.25, 0.3) is 0 Å². The van der Waals surface area contributed by atoms with Crippen molar-refractivity contribution in [1.29, 1.82) is 0 Å². The molecule has 9 nitrogen and oxygen atoms in total. The van der Waals surface area contributed by atoms with Crippen LogP contribution in [-0.2, 0) is 27.9 Å². The van der Waals surface area contributed by atoms with Crippen molar-refractivity contribution in [3.05, 3.63) is 72.9 Å². The quantitative estimate of drug-likeness (QED) is 0.0205. The molecule has 0 saturated carbocycles. The summed E-state index contributed by atoms with van der Waals surface area (Å²) in [5.74, 6) is -0.494. The third-order valence-electron chi connectivity index (χ3n) is 17.6. The first kappa shape index (κ1) is 88.5. The number of hydrogen-bond donors (Lipinski definition) is 2. The van der Waals surface area contributed by atoms with E-state index in [1.54, 1.807) is 0 Å². The van der Waals surface area contributed by atoms with Gasteiger partial charge in [-0.3, -0.25) is 18.6 Å². The summed E-state index contributed by atoms with van der Waals surface area (Å²) < 4.78 is 30.9. The number of esters is 1. The largest absolute Gasteiger partial charge is 0.472 e. The van der Waals surface area contributed by atoms with E-state index in [1.165, 1.54) is 270 Å². The Morgan fingerprint density at radius 2 is 0.670 bits per heavy atom. The third kappa shape index (κ3) is 71.6. The zero-order valence-electron chi connectivity index (χ0n) is 61.1. The SMILES string of the molecule is CCCCC/C=C\C/C=C\C/C=C\C/C=C\CCCCCCCCCCCCCC(=O)OC(/C=C/CCCCCCCCCCC)C(COP(=O)(O)OCC[N+](C)(C)C)NC(=O)CCCCCCCCCCCCCCCCCCC/C=C/CCCCCCCC. The van der Waals surface area contributed by atoms with Gasteiger partial charge in [-0.1, -0.05) is 338 Å². The van der Waals surface area contributed by atoms with Crippen LogP contribution in [0.1, 0.15) is 380 Å². The molecular formula is C81H152N2O7P+. The summed E-state index contributed by atoms with van der Waals surface area (Å²) in [5.41, 5.74) is 0. The third-order valence-corrected chi connectivity index (χ3v) is 18.6. The van der Waals surface area contributed by atoms with Crippen molar-refractivity contribution in [2.24, 2.45) is 0 Å². The minimum Gasteiger partial charge on any atom is -0.456 e. The molecule has 532 valence electrons. The van der Waals surface area contributed by atoms with E-state index >= 15 is 0 Å². The topological polar surface area (TPSA) is 111 Å². The van der Waals surface area contributed by atoms with E-state index in [1.807, 2.05) is 33.3 Å². The van der Waals surface area contributed by atoms with E-state index in [9.17, 15) is 19.0 Å². The van der Waals surface area contributed by atoms with Crippen molar-refractivity contribution in [2.75, 3.05) is 40.9 Å². The van der Waals surface area contributed by atoms with Gasteiger partial charge in [-0.15, -0.1) is 0 Å². The lowest BCUT2D eigenvalue weighted by molar-refractivity contribution is -0.870. The zero-order chi connectivity index (χ0) is 66.3.